The molecule has 1 aromatic carbocycles. The highest BCUT2D eigenvalue weighted by molar-refractivity contribution is 5.56. The molecule has 2 atom stereocenters. The Kier molecular flexibility index (Phi) is 3.50. The van der Waals surface area contributed by atoms with Gasteiger partial charge in [-0.2, -0.15) is 0 Å². The van der Waals surface area contributed by atoms with Gasteiger partial charge in [-0.25, -0.2) is 0 Å². The molecular formula is C16H23NO3. The van der Waals surface area contributed by atoms with Gasteiger partial charge in [0.25, 0.3) is 0 Å². The number of hydrogen-bond donors (Lipinski definition) is 1. The van der Waals surface area contributed by atoms with Gasteiger partial charge in [-0.15, -0.1) is 0 Å². The third-order valence-electron chi connectivity index (χ3n) is 3.85. The second kappa shape index (κ2) is 5.17. The Morgan fingerprint density at radius 2 is 2.05 bits per heavy atom. The zero-order valence-corrected chi connectivity index (χ0v) is 12.4. The fourth-order valence-corrected chi connectivity index (χ4v) is 2.84. The van der Waals surface area contributed by atoms with Gasteiger partial charge in [0.2, 0.25) is 5.79 Å². The molecule has 0 spiro atoms. The van der Waals surface area contributed by atoms with Gasteiger partial charge >= 0.3 is 0 Å². The molecule has 20 heavy (non-hydrogen) atoms. The molecule has 0 radical (unpaired) electrons. The molecule has 4 nitrogen and oxygen atoms in total. The summed E-state index contributed by atoms with van der Waals surface area (Å²) in [6.07, 6.45) is 3.58. The van der Waals surface area contributed by atoms with Crippen molar-refractivity contribution in [2.24, 2.45) is 0 Å². The lowest BCUT2D eigenvalue weighted by molar-refractivity contribution is -0.0431. The maximum Gasteiger partial charge on any atom is 0.246 e. The van der Waals surface area contributed by atoms with Gasteiger partial charge in [0.1, 0.15) is 0 Å². The summed E-state index contributed by atoms with van der Waals surface area (Å²) in [6, 6.07) is 6.53. The summed E-state index contributed by atoms with van der Waals surface area (Å²) in [6.45, 7) is 6.86. The predicted octanol–water partition coefficient (Wildman–Crippen LogP) is 3.56. The molecule has 2 aliphatic rings. The van der Waals surface area contributed by atoms with Crippen LogP contribution >= 0.6 is 0 Å². The van der Waals surface area contributed by atoms with E-state index in [4.69, 9.17) is 14.2 Å². The molecule has 3 rings (SSSR count). The van der Waals surface area contributed by atoms with Crippen molar-refractivity contribution in [1.82, 2.24) is 0 Å². The first-order valence-corrected chi connectivity index (χ1v) is 7.46. The van der Waals surface area contributed by atoms with Gasteiger partial charge in [-0.05, 0) is 31.4 Å². The summed E-state index contributed by atoms with van der Waals surface area (Å²) in [5.41, 5.74) is 1.09. The Hall–Kier alpha value is -1.42. The highest BCUT2D eigenvalue weighted by Crippen LogP contribution is 2.41. The molecule has 2 aliphatic heterocycles. The maximum atomic E-state index is 5.78. The summed E-state index contributed by atoms with van der Waals surface area (Å²) in [7, 11) is 0. The number of nitrogens with one attached hydrogen (secondary N) is 1. The highest BCUT2D eigenvalue weighted by Gasteiger charge is 2.31. The van der Waals surface area contributed by atoms with Crippen LogP contribution in [0.15, 0.2) is 18.2 Å². The first-order valence-electron chi connectivity index (χ1n) is 7.46. The minimum atomic E-state index is -0.563. The van der Waals surface area contributed by atoms with E-state index >= 15 is 0 Å². The number of ether oxygens (including phenoxy) is 3. The van der Waals surface area contributed by atoms with Gasteiger partial charge in [0.05, 0.1) is 6.10 Å². The standard InChI is InChI=1S/C16H23NO3/c1-4-13-9-12(7-8-18-13)17-11-5-6-14-15(10-11)20-16(2,3)19-14/h5-6,10,12-13,17H,4,7-9H2,1-3H3. The Balaban J connectivity index is 1.67. The van der Waals surface area contributed by atoms with Crippen LogP contribution in [0.25, 0.3) is 0 Å². The molecule has 0 amide bonds. The Morgan fingerprint density at radius 3 is 2.85 bits per heavy atom. The Labute approximate surface area is 120 Å². The van der Waals surface area contributed by atoms with E-state index in [-0.39, 0.29) is 0 Å². The van der Waals surface area contributed by atoms with Crippen LogP contribution in [0.3, 0.4) is 0 Å². The van der Waals surface area contributed by atoms with E-state index in [1.54, 1.807) is 0 Å². The third-order valence-corrected chi connectivity index (χ3v) is 3.85. The summed E-state index contributed by atoms with van der Waals surface area (Å²) < 4.78 is 17.2. The summed E-state index contributed by atoms with van der Waals surface area (Å²) in [5.74, 6) is 1.07. The molecule has 1 aromatic rings. The van der Waals surface area contributed by atoms with Gasteiger partial charge in [-0.1, -0.05) is 6.92 Å². The molecule has 2 unspecified atom stereocenters. The van der Waals surface area contributed by atoms with Crippen LogP contribution in [0.1, 0.15) is 40.0 Å². The van der Waals surface area contributed by atoms with Crippen LogP contribution in [0.4, 0.5) is 5.69 Å². The van der Waals surface area contributed by atoms with Crippen LogP contribution in [0, 0.1) is 0 Å². The second-order valence-corrected chi connectivity index (χ2v) is 6.03. The fraction of sp³-hybridized carbons (Fsp3) is 0.625. The third kappa shape index (κ3) is 2.85. The maximum absolute atomic E-state index is 5.78. The van der Waals surface area contributed by atoms with Crippen molar-refractivity contribution in [2.75, 3.05) is 11.9 Å². The molecule has 0 aromatic heterocycles. The fourth-order valence-electron chi connectivity index (χ4n) is 2.84. The monoisotopic (exact) mass is 277 g/mol. The van der Waals surface area contributed by atoms with Crippen molar-refractivity contribution in [3.8, 4) is 11.5 Å². The SMILES string of the molecule is CCC1CC(Nc2ccc3c(c2)OC(C)(C)O3)CCO1. The van der Waals surface area contributed by atoms with Crippen molar-refractivity contribution in [3.63, 3.8) is 0 Å². The largest absolute Gasteiger partial charge is 0.449 e. The van der Waals surface area contributed by atoms with Gasteiger partial charge in [0.15, 0.2) is 11.5 Å². The van der Waals surface area contributed by atoms with Crippen molar-refractivity contribution >= 4 is 5.69 Å². The Bertz CT molecular complexity index is 487. The molecule has 1 saturated heterocycles. The molecular weight excluding hydrogens is 254 g/mol. The number of benzene rings is 1. The van der Waals surface area contributed by atoms with Gasteiger partial charge in [0, 0.05) is 38.2 Å². The average Bonchev–Trinajstić information content (AvgIpc) is 2.72. The van der Waals surface area contributed by atoms with E-state index in [9.17, 15) is 0 Å². The van der Waals surface area contributed by atoms with E-state index in [1.807, 2.05) is 26.0 Å². The summed E-state index contributed by atoms with van der Waals surface area (Å²) >= 11 is 0. The van der Waals surface area contributed by atoms with Crippen LogP contribution in [0.5, 0.6) is 11.5 Å². The molecule has 0 bridgehead atoms. The minimum absolute atomic E-state index is 0.384. The van der Waals surface area contributed by atoms with E-state index in [1.165, 1.54) is 0 Å². The summed E-state index contributed by atoms with van der Waals surface area (Å²) in [5, 5.41) is 3.59. The molecule has 110 valence electrons. The minimum Gasteiger partial charge on any atom is -0.449 e. The van der Waals surface area contributed by atoms with Crippen LogP contribution < -0.4 is 14.8 Å². The molecule has 1 N–H and O–H groups in total. The van der Waals surface area contributed by atoms with Crippen LogP contribution in [-0.2, 0) is 4.74 Å². The smallest absolute Gasteiger partial charge is 0.246 e. The lowest BCUT2D eigenvalue weighted by Crippen LogP contribution is -2.33. The number of rotatable bonds is 3. The van der Waals surface area contributed by atoms with Crippen molar-refractivity contribution < 1.29 is 14.2 Å². The first kappa shape index (κ1) is 13.6. The summed E-state index contributed by atoms with van der Waals surface area (Å²) in [4.78, 5) is 0. The number of anilines is 1. The quantitative estimate of drug-likeness (QED) is 0.917. The predicted molar refractivity (Wildman–Crippen MR) is 78.5 cm³/mol. The van der Waals surface area contributed by atoms with Gasteiger partial charge in [-0.3, -0.25) is 0 Å². The van der Waals surface area contributed by atoms with Crippen molar-refractivity contribution in [3.05, 3.63) is 18.2 Å². The molecule has 0 saturated carbocycles. The van der Waals surface area contributed by atoms with E-state index in [2.05, 4.69) is 18.3 Å². The van der Waals surface area contributed by atoms with Crippen LogP contribution in [-0.4, -0.2) is 24.5 Å². The molecule has 2 heterocycles. The van der Waals surface area contributed by atoms with E-state index in [0.717, 1.165) is 43.1 Å². The topological polar surface area (TPSA) is 39.7 Å². The van der Waals surface area contributed by atoms with E-state index < -0.39 is 5.79 Å². The zero-order valence-electron chi connectivity index (χ0n) is 12.4. The first-order chi connectivity index (χ1) is 9.55. The second-order valence-electron chi connectivity index (χ2n) is 6.03. The van der Waals surface area contributed by atoms with Crippen molar-refractivity contribution in [2.45, 2.75) is 58.0 Å². The zero-order chi connectivity index (χ0) is 14.2. The average molecular weight is 277 g/mol. The normalized spacial score (nSPS) is 27.4. The van der Waals surface area contributed by atoms with Crippen LogP contribution in [0.2, 0.25) is 0 Å². The molecule has 4 heteroatoms. The van der Waals surface area contributed by atoms with Gasteiger partial charge < -0.3 is 19.5 Å². The number of fused-ring (bicyclic) bond motifs is 1. The lowest BCUT2D eigenvalue weighted by atomic mass is 10.0. The molecule has 1 fully saturated rings. The van der Waals surface area contributed by atoms with Crippen molar-refractivity contribution in [1.29, 1.82) is 0 Å². The Morgan fingerprint density at radius 1 is 1.25 bits per heavy atom. The number of hydrogen-bond acceptors (Lipinski definition) is 4. The lowest BCUT2D eigenvalue weighted by Gasteiger charge is -2.30. The highest BCUT2D eigenvalue weighted by atomic mass is 16.7. The van der Waals surface area contributed by atoms with E-state index in [0.29, 0.717) is 12.1 Å². The molecule has 0 aliphatic carbocycles.